The molecule has 0 radical (unpaired) electrons. The molecule has 106 valence electrons. The van der Waals surface area contributed by atoms with Crippen LogP contribution in [0.25, 0.3) is 0 Å². The van der Waals surface area contributed by atoms with E-state index in [0.29, 0.717) is 25.9 Å². The van der Waals surface area contributed by atoms with Crippen LogP contribution in [0.3, 0.4) is 0 Å². The lowest BCUT2D eigenvalue weighted by Gasteiger charge is -2.29. The molecule has 0 aromatic heterocycles. The fraction of sp³-hybridized carbons (Fsp3) is 0.455. The van der Waals surface area contributed by atoms with Crippen LogP contribution in [0.15, 0.2) is 21.5 Å². The quantitative estimate of drug-likeness (QED) is 0.868. The summed E-state index contributed by atoms with van der Waals surface area (Å²) < 4.78 is 39.6. The van der Waals surface area contributed by atoms with Crippen LogP contribution in [0.5, 0.6) is 0 Å². The third-order valence-electron chi connectivity index (χ3n) is 3.06. The molecule has 1 aliphatic heterocycles. The van der Waals surface area contributed by atoms with Gasteiger partial charge in [0.25, 0.3) is 0 Å². The average Bonchev–Trinajstić information content (AvgIpc) is 2.27. The molecule has 0 bridgehead atoms. The molecule has 4 nitrogen and oxygen atoms in total. The fourth-order valence-electron chi connectivity index (χ4n) is 2.02. The van der Waals surface area contributed by atoms with E-state index in [1.165, 1.54) is 4.31 Å². The van der Waals surface area contributed by atoms with Gasteiger partial charge in [0.1, 0.15) is 10.7 Å². The number of nitrogens with zero attached hydrogens (tertiary/aromatic N) is 1. The van der Waals surface area contributed by atoms with Gasteiger partial charge < -0.3 is 5.73 Å². The van der Waals surface area contributed by atoms with Crippen molar-refractivity contribution in [2.24, 2.45) is 5.73 Å². The highest BCUT2D eigenvalue weighted by Crippen LogP contribution is 2.33. The molecule has 0 amide bonds. The molecule has 1 aromatic carbocycles. The lowest BCUT2D eigenvalue weighted by Crippen LogP contribution is -2.42. The zero-order valence-corrected chi connectivity index (χ0v) is 13.1. The molecule has 0 saturated carbocycles. The number of piperidine rings is 1. The molecule has 19 heavy (non-hydrogen) atoms. The third kappa shape index (κ3) is 3.11. The number of hydrogen-bond acceptors (Lipinski definition) is 3. The van der Waals surface area contributed by atoms with E-state index in [0.717, 1.165) is 12.1 Å². The van der Waals surface area contributed by atoms with E-state index >= 15 is 0 Å². The molecule has 2 rings (SSSR count). The van der Waals surface area contributed by atoms with Gasteiger partial charge >= 0.3 is 0 Å². The lowest BCUT2D eigenvalue weighted by atomic mass is 10.1. The van der Waals surface area contributed by atoms with E-state index in [1.807, 2.05) is 0 Å². The molecule has 1 fully saturated rings. The first kappa shape index (κ1) is 15.2. The minimum Gasteiger partial charge on any atom is -0.328 e. The van der Waals surface area contributed by atoms with Gasteiger partial charge in [0.2, 0.25) is 10.0 Å². The first-order valence-electron chi connectivity index (χ1n) is 5.72. The summed E-state index contributed by atoms with van der Waals surface area (Å²) in [6.07, 6.45) is 1.21. The van der Waals surface area contributed by atoms with Crippen molar-refractivity contribution in [3.05, 3.63) is 27.4 Å². The summed E-state index contributed by atoms with van der Waals surface area (Å²) in [5.74, 6) is -0.587. The van der Waals surface area contributed by atoms with Crippen molar-refractivity contribution in [3.63, 3.8) is 0 Å². The summed E-state index contributed by atoms with van der Waals surface area (Å²) in [5.41, 5.74) is 5.75. The maximum absolute atomic E-state index is 13.2. The second kappa shape index (κ2) is 5.65. The van der Waals surface area contributed by atoms with Crippen molar-refractivity contribution in [2.45, 2.75) is 23.8 Å². The first-order valence-corrected chi connectivity index (χ1v) is 8.33. The second-order valence-electron chi connectivity index (χ2n) is 4.44. The molecule has 1 heterocycles. The van der Waals surface area contributed by atoms with Crippen molar-refractivity contribution in [3.8, 4) is 0 Å². The Balaban J connectivity index is 2.40. The first-order chi connectivity index (χ1) is 8.82. The molecule has 1 aromatic rings. The third-order valence-corrected chi connectivity index (χ3v) is 6.36. The molecule has 0 spiro atoms. The van der Waals surface area contributed by atoms with Crippen LogP contribution >= 0.6 is 27.5 Å². The monoisotopic (exact) mass is 370 g/mol. The lowest BCUT2D eigenvalue weighted by molar-refractivity contribution is 0.320. The molecule has 8 heteroatoms. The Bertz CT molecular complexity index is 565. The number of halogens is 3. The number of hydrogen-bond donors (Lipinski definition) is 1. The van der Waals surface area contributed by atoms with E-state index in [4.69, 9.17) is 17.3 Å². The topological polar surface area (TPSA) is 63.4 Å². The maximum Gasteiger partial charge on any atom is 0.245 e. The molecule has 1 saturated heterocycles. The number of benzene rings is 1. The van der Waals surface area contributed by atoms with Gasteiger partial charge in [0.15, 0.2) is 0 Å². The van der Waals surface area contributed by atoms with E-state index in [-0.39, 0.29) is 20.4 Å². The van der Waals surface area contributed by atoms with E-state index in [2.05, 4.69) is 15.9 Å². The van der Waals surface area contributed by atoms with Gasteiger partial charge in [0.05, 0.1) is 5.02 Å². The summed E-state index contributed by atoms with van der Waals surface area (Å²) in [6.45, 7) is 0.702. The Labute approximate surface area is 124 Å². The van der Waals surface area contributed by atoms with Crippen LogP contribution in [0.1, 0.15) is 12.8 Å². The van der Waals surface area contributed by atoms with Gasteiger partial charge in [-0.2, -0.15) is 4.31 Å². The van der Waals surface area contributed by atoms with Gasteiger partial charge in [-0.25, -0.2) is 12.8 Å². The normalized spacial score (nSPS) is 18.7. The highest BCUT2D eigenvalue weighted by atomic mass is 79.9. The van der Waals surface area contributed by atoms with Gasteiger partial charge in [-0.1, -0.05) is 11.6 Å². The molecule has 0 aliphatic carbocycles. The zero-order chi connectivity index (χ0) is 14.2. The molecule has 0 atom stereocenters. The summed E-state index contributed by atoms with van der Waals surface area (Å²) in [7, 11) is -3.73. The Morgan fingerprint density at radius 3 is 2.47 bits per heavy atom. The zero-order valence-electron chi connectivity index (χ0n) is 9.94. The van der Waals surface area contributed by atoms with Crippen molar-refractivity contribution >= 4 is 37.6 Å². The maximum atomic E-state index is 13.2. The molecule has 0 unspecified atom stereocenters. The smallest absolute Gasteiger partial charge is 0.245 e. The summed E-state index contributed by atoms with van der Waals surface area (Å²) in [4.78, 5) is -0.0916. The van der Waals surface area contributed by atoms with E-state index in [1.54, 1.807) is 0 Å². The number of sulfonamides is 1. The summed E-state index contributed by atoms with van der Waals surface area (Å²) in [5, 5.41) is -0.123. The van der Waals surface area contributed by atoms with Gasteiger partial charge in [-0.15, -0.1) is 0 Å². The summed E-state index contributed by atoms with van der Waals surface area (Å²) in [6, 6.07) is 2.11. The number of nitrogens with two attached hydrogens (primary N) is 1. The van der Waals surface area contributed by atoms with Gasteiger partial charge in [-0.3, -0.25) is 0 Å². The number of rotatable bonds is 2. The highest BCUT2D eigenvalue weighted by Gasteiger charge is 2.31. The molecule has 1 aliphatic rings. The van der Waals surface area contributed by atoms with Crippen LogP contribution < -0.4 is 5.73 Å². The van der Waals surface area contributed by atoms with Crippen molar-refractivity contribution in [2.75, 3.05) is 13.1 Å². The van der Waals surface area contributed by atoms with Gasteiger partial charge in [-0.05, 0) is 40.9 Å². The van der Waals surface area contributed by atoms with Crippen LogP contribution in [-0.4, -0.2) is 31.9 Å². The van der Waals surface area contributed by atoms with Crippen molar-refractivity contribution in [1.82, 2.24) is 4.31 Å². The second-order valence-corrected chi connectivity index (χ2v) is 7.58. The summed E-state index contributed by atoms with van der Waals surface area (Å²) >= 11 is 8.92. The highest BCUT2D eigenvalue weighted by molar-refractivity contribution is 9.10. The minimum absolute atomic E-state index is 0.0265. The van der Waals surface area contributed by atoms with E-state index in [9.17, 15) is 12.8 Å². The Morgan fingerprint density at radius 2 is 1.95 bits per heavy atom. The molecule has 2 N–H and O–H groups in total. The largest absolute Gasteiger partial charge is 0.328 e. The standard InChI is InChI=1S/C11H13BrClFN2O2S/c12-9-5-7(14)6-10(13)11(9)19(17,18)16-3-1-8(15)2-4-16/h5-6,8H,1-4,15H2. The Hall–Kier alpha value is -0.210. The molecular formula is C11H13BrClFN2O2S. The van der Waals surface area contributed by atoms with E-state index < -0.39 is 15.8 Å². The predicted molar refractivity (Wildman–Crippen MR) is 75.1 cm³/mol. The van der Waals surface area contributed by atoms with Crippen LogP contribution in [-0.2, 0) is 10.0 Å². The van der Waals surface area contributed by atoms with Crippen molar-refractivity contribution in [1.29, 1.82) is 0 Å². The van der Waals surface area contributed by atoms with Crippen LogP contribution in [0, 0.1) is 5.82 Å². The molecular weight excluding hydrogens is 359 g/mol. The minimum atomic E-state index is -3.73. The van der Waals surface area contributed by atoms with Crippen molar-refractivity contribution < 1.29 is 12.8 Å². The van der Waals surface area contributed by atoms with Crippen LogP contribution in [0.4, 0.5) is 4.39 Å². The predicted octanol–water partition coefficient (Wildman–Crippen LogP) is 2.35. The van der Waals surface area contributed by atoms with Crippen LogP contribution in [0.2, 0.25) is 5.02 Å². The Morgan fingerprint density at radius 1 is 1.37 bits per heavy atom. The Kier molecular flexibility index (Phi) is 4.52. The van der Waals surface area contributed by atoms with Gasteiger partial charge in [0, 0.05) is 23.6 Å². The SMILES string of the molecule is NC1CCN(S(=O)(=O)c2c(Cl)cc(F)cc2Br)CC1. The average molecular weight is 372 g/mol. The fourth-order valence-corrected chi connectivity index (χ4v) is 5.24.